The van der Waals surface area contributed by atoms with Gasteiger partial charge in [-0.1, -0.05) is 60.7 Å². The molecule has 0 aliphatic rings. The lowest BCUT2D eigenvalue weighted by Gasteiger charge is -2.28. The number of benzene rings is 2. The average molecular weight is 312 g/mol. The maximum absolute atomic E-state index is 12.2. The first-order valence-corrected chi connectivity index (χ1v) is 7.72. The SMILES string of the molecule is CC(C)(C)OC(=O)N[C@@H](c1ccccc1)[C@@H](N)c1ccccc1. The van der Waals surface area contributed by atoms with E-state index in [1.54, 1.807) is 0 Å². The minimum atomic E-state index is -0.553. The Morgan fingerprint density at radius 1 is 0.957 bits per heavy atom. The fourth-order valence-electron chi connectivity index (χ4n) is 2.34. The van der Waals surface area contributed by atoms with Gasteiger partial charge >= 0.3 is 6.09 Å². The first-order valence-electron chi connectivity index (χ1n) is 7.72. The standard InChI is InChI=1S/C19H24N2O2/c1-19(2,3)23-18(22)21-17(15-12-8-5-9-13-15)16(20)14-10-6-4-7-11-14/h4-13,16-17H,20H2,1-3H3,(H,21,22)/t16-,17-/m0/s1. The summed E-state index contributed by atoms with van der Waals surface area (Å²) in [6.45, 7) is 5.50. The third kappa shape index (κ3) is 5.11. The molecule has 2 rings (SSSR count). The topological polar surface area (TPSA) is 64.3 Å². The fraction of sp³-hybridized carbons (Fsp3) is 0.316. The van der Waals surface area contributed by atoms with Crippen molar-refractivity contribution in [2.75, 3.05) is 0 Å². The molecule has 2 aromatic rings. The van der Waals surface area contributed by atoms with Crippen LogP contribution < -0.4 is 11.1 Å². The predicted molar refractivity (Wildman–Crippen MR) is 91.9 cm³/mol. The third-order valence-corrected chi connectivity index (χ3v) is 3.37. The second-order valence-electron chi connectivity index (χ2n) is 6.47. The van der Waals surface area contributed by atoms with E-state index in [1.165, 1.54) is 0 Å². The van der Waals surface area contributed by atoms with Crippen molar-refractivity contribution in [2.45, 2.75) is 38.5 Å². The van der Waals surface area contributed by atoms with Gasteiger partial charge in [0.05, 0.1) is 12.1 Å². The van der Waals surface area contributed by atoms with Gasteiger partial charge in [-0.3, -0.25) is 0 Å². The van der Waals surface area contributed by atoms with Gasteiger partial charge in [0, 0.05) is 0 Å². The van der Waals surface area contributed by atoms with Gasteiger partial charge in [-0.15, -0.1) is 0 Å². The lowest BCUT2D eigenvalue weighted by atomic mass is 9.94. The number of carbonyl (C=O) groups is 1. The van der Waals surface area contributed by atoms with Crippen molar-refractivity contribution >= 4 is 6.09 Å². The molecule has 4 nitrogen and oxygen atoms in total. The highest BCUT2D eigenvalue weighted by atomic mass is 16.6. The van der Waals surface area contributed by atoms with E-state index in [0.717, 1.165) is 11.1 Å². The molecule has 0 radical (unpaired) electrons. The van der Waals surface area contributed by atoms with Crippen LogP contribution in [-0.2, 0) is 4.74 Å². The van der Waals surface area contributed by atoms with Crippen LogP contribution in [0.25, 0.3) is 0 Å². The molecule has 4 heteroatoms. The van der Waals surface area contributed by atoms with Crippen molar-refractivity contribution in [1.82, 2.24) is 5.32 Å². The van der Waals surface area contributed by atoms with Gasteiger partial charge in [0.25, 0.3) is 0 Å². The zero-order valence-electron chi connectivity index (χ0n) is 13.8. The highest BCUT2D eigenvalue weighted by molar-refractivity contribution is 5.68. The maximum Gasteiger partial charge on any atom is 0.408 e. The summed E-state index contributed by atoms with van der Waals surface area (Å²) in [6, 6.07) is 18.7. The van der Waals surface area contributed by atoms with Crippen LogP contribution in [0.15, 0.2) is 60.7 Å². The van der Waals surface area contributed by atoms with Gasteiger partial charge < -0.3 is 15.8 Å². The van der Waals surface area contributed by atoms with E-state index >= 15 is 0 Å². The molecule has 23 heavy (non-hydrogen) atoms. The minimum absolute atomic E-state index is 0.367. The minimum Gasteiger partial charge on any atom is -0.444 e. The van der Waals surface area contributed by atoms with E-state index < -0.39 is 11.7 Å². The summed E-state index contributed by atoms with van der Waals surface area (Å²) in [5, 5.41) is 2.90. The van der Waals surface area contributed by atoms with E-state index in [4.69, 9.17) is 10.5 Å². The number of nitrogens with one attached hydrogen (secondary N) is 1. The summed E-state index contributed by atoms with van der Waals surface area (Å²) in [5.41, 5.74) is 7.76. The van der Waals surface area contributed by atoms with Crippen LogP contribution in [0.1, 0.15) is 44.0 Å². The van der Waals surface area contributed by atoms with Crippen molar-refractivity contribution in [3.8, 4) is 0 Å². The molecule has 0 fully saturated rings. The molecule has 1 amide bonds. The number of carbonyl (C=O) groups excluding carboxylic acids is 1. The number of amides is 1. The zero-order chi connectivity index (χ0) is 16.9. The molecule has 0 saturated heterocycles. The Hall–Kier alpha value is -2.33. The van der Waals surface area contributed by atoms with Crippen LogP contribution in [0.3, 0.4) is 0 Å². The second-order valence-corrected chi connectivity index (χ2v) is 6.47. The molecule has 2 aromatic carbocycles. The van der Waals surface area contributed by atoms with E-state index in [2.05, 4.69) is 5.32 Å². The normalized spacial score (nSPS) is 13.9. The van der Waals surface area contributed by atoms with Gasteiger partial charge in [-0.2, -0.15) is 0 Å². The lowest BCUT2D eigenvalue weighted by molar-refractivity contribution is 0.0495. The summed E-state index contributed by atoms with van der Waals surface area (Å²) < 4.78 is 5.37. The second kappa shape index (κ2) is 7.29. The van der Waals surface area contributed by atoms with Crippen molar-refractivity contribution < 1.29 is 9.53 Å². The molecular formula is C19H24N2O2. The van der Waals surface area contributed by atoms with E-state index in [1.807, 2.05) is 81.4 Å². The van der Waals surface area contributed by atoms with Crippen LogP contribution in [0.2, 0.25) is 0 Å². The Bertz CT molecular complexity index is 621. The molecule has 0 aromatic heterocycles. The molecule has 0 heterocycles. The molecule has 2 atom stereocenters. The van der Waals surface area contributed by atoms with Crippen molar-refractivity contribution in [2.24, 2.45) is 5.73 Å². The summed E-state index contributed by atoms with van der Waals surface area (Å²) in [5.74, 6) is 0. The predicted octanol–water partition coefficient (Wildman–Crippen LogP) is 3.95. The largest absolute Gasteiger partial charge is 0.444 e. The summed E-state index contributed by atoms with van der Waals surface area (Å²) in [7, 11) is 0. The average Bonchev–Trinajstić information content (AvgIpc) is 2.52. The number of hydrogen-bond donors (Lipinski definition) is 2. The molecular weight excluding hydrogens is 288 g/mol. The van der Waals surface area contributed by atoms with E-state index in [-0.39, 0.29) is 12.1 Å². The highest BCUT2D eigenvalue weighted by Gasteiger charge is 2.25. The molecule has 0 saturated carbocycles. The number of nitrogens with two attached hydrogens (primary N) is 1. The van der Waals surface area contributed by atoms with Crippen molar-refractivity contribution in [3.05, 3.63) is 71.8 Å². The van der Waals surface area contributed by atoms with Gasteiger partial charge in [-0.05, 0) is 31.9 Å². The maximum atomic E-state index is 12.2. The third-order valence-electron chi connectivity index (χ3n) is 3.37. The summed E-state index contributed by atoms with van der Waals surface area (Å²) in [6.07, 6.45) is -0.474. The Morgan fingerprint density at radius 3 is 1.91 bits per heavy atom. The molecule has 0 bridgehead atoms. The van der Waals surface area contributed by atoms with Gasteiger partial charge in [0.2, 0.25) is 0 Å². The molecule has 0 spiro atoms. The number of alkyl carbamates (subject to hydrolysis) is 1. The van der Waals surface area contributed by atoms with Crippen LogP contribution in [-0.4, -0.2) is 11.7 Å². The van der Waals surface area contributed by atoms with Gasteiger partial charge in [0.15, 0.2) is 0 Å². The molecule has 122 valence electrons. The van der Waals surface area contributed by atoms with Crippen LogP contribution >= 0.6 is 0 Å². The highest BCUT2D eigenvalue weighted by Crippen LogP contribution is 2.27. The van der Waals surface area contributed by atoms with E-state index in [9.17, 15) is 4.79 Å². The Kier molecular flexibility index (Phi) is 5.40. The molecule has 0 aliphatic heterocycles. The Morgan fingerprint density at radius 2 is 1.43 bits per heavy atom. The molecule has 3 N–H and O–H groups in total. The number of hydrogen-bond acceptors (Lipinski definition) is 3. The Balaban J connectivity index is 2.24. The smallest absolute Gasteiger partial charge is 0.408 e. The van der Waals surface area contributed by atoms with Crippen molar-refractivity contribution in [1.29, 1.82) is 0 Å². The van der Waals surface area contributed by atoms with E-state index in [0.29, 0.717) is 0 Å². The van der Waals surface area contributed by atoms with Crippen LogP contribution in [0, 0.1) is 0 Å². The number of ether oxygens (including phenoxy) is 1. The summed E-state index contributed by atoms with van der Waals surface area (Å²) >= 11 is 0. The summed E-state index contributed by atoms with van der Waals surface area (Å²) in [4.78, 5) is 12.2. The zero-order valence-corrected chi connectivity index (χ0v) is 13.8. The first kappa shape index (κ1) is 17.0. The first-order chi connectivity index (χ1) is 10.9. The van der Waals surface area contributed by atoms with Crippen LogP contribution in [0.5, 0.6) is 0 Å². The van der Waals surface area contributed by atoms with Gasteiger partial charge in [0.1, 0.15) is 5.60 Å². The van der Waals surface area contributed by atoms with Crippen molar-refractivity contribution in [3.63, 3.8) is 0 Å². The Labute approximate surface area is 137 Å². The lowest BCUT2D eigenvalue weighted by Crippen LogP contribution is -2.39. The fourth-order valence-corrected chi connectivity index (χ4v) is 2.34. The number of rotatable bonds is 4. The monoisotopic (exact) mass is 312 g/mol. The van der Waals surface area contributed by atoms with Crippen LogP contribution in [0.4, 0.5) is 4.79 Å². The van der Waals surface area contributed by atoms with Gasteiger partial charge in [-0.25, -0.2) is 4.79 Å². The quantitative estimate of drug-likeness (QED) is 0.898. The molecule has 0 unspecified atom stereocenters. The molecule has 0 aliphatic carbocycles.